The summed E-state index contributed by atoms with van der Waals surface area (Å²) in [6.07, 6.45) is 0. The van der Waals surface area contributed by atoms with Crippen LogP contribution >= 0.6 is 0 Å². The van der Waals surface area contributed by atoms with Crippen LogP contribution in [0.25, 0.3) is 10.9 Å². The molecule has 0 aliphatic carbocycles. The normalized spacial score (nSPS) is 10.5. The Morgan fingerprint density at radius 1 is 1.05 bits per heavy atom. The molecule has 3 rings (SSSR count). The van der Waals surface area contributed by atoms with Gasteiger partial charge in [-0.1, -0.05) is 30.3 Å². The number of aryl methyl sites for hydroxylation is 1. The van der Waals surface area contributed by atoms with E-state index < -0.39 is 5.97 Å². The lowest BCUT2D eigenvalue weighted by Crippen LogP contribution is -2.14. The summed E-state index contributed by atoms with van der Waals surface area (Å²) in [7, 11) is 0. The molecule has 3 aromatic rings. The van der Waals surface area contributed by atoms with Crippen molar-refractivity contribution in [2.75, 3.05) is 0 Å². The van der Waals surface area contributed by atoms with Gasteiger partial charge < -0.3 is 9.72 Å². The minimum atomic E-state index is -0.539. The number of para-hydroxylation sites is 1. The second-order valence-corrected chi connectivity index (χ2v) is 4.80. The molecule has 0 fully saturated rings. The molecule has 1 heterocycles. The second-order valence-electron chi connectivity index (χ2n) is 4.80. The molecule has 2 aromatic carbocycles. The molecule has 4 heteroatoms. The zero-order chi connectivity index (χ0) is 14.8. The van der Waals surface area contributed by atoms with Crippen molar-refractivity contribution in [2.45, 2.75) is 6.92 Å². The minimum Gasteiger partial charge on any atom is -0.423 e. The van der Waals surface area contributed by atoms with Gasteiger partial charge in [0.1, 0.15) is 5.75 Å². The number of fused-ring (bicyclic) bond motifs is 1. The molecule has 0 aliphatic heterocycles. The summed E-state index contributed by atoms with van der Waals surface area (Å²) in [5, 5.41) is 0.662. The first kappa shape index (κ1) is 13.1. The monoisotopic (exact) mass is 279 g/mol. The molecule has 0 atom stereocenters. The largest absolute Gasteiger partial charge is 0.423 e. The van der Waals surface area contributed by atoms with Crippen molar-refractivity contribution in [3.8, 4) is 5.75 Å². The topological polar surface area (TPSA) is 59.2 Å². The van der Waals surface area contributed by atoms with Crippen molar-refractivity contribution >= 4 is 16.9 Å². The maximum atomic E-state index is 12.3. The molecule has 0 radical (unpaired) electrons. The van der Waals surface area contributed by atoms with Gasteiger partial charge in [-0.15, -0.1) is 0 Å². The molecule has 4 nitrogen and oxygen atoms in total. The predicted octanol–water partition coefficient (Wildman–Crippen LogP) is 3.06. The second kappa shape index (κ2) is 5.25. The number of aromatic amines is 1. The number of carbonyl (C=O) groups excluding carboxylic acids is 1. The Balaban J connectivity index is 2.04. The SMILES string of the molecule is Cc1cccc(OC(=O)c2cc(=O)[nH]c3ccccc23)c1. The van der Waals surface area contributed by atoms with Gasteiger partial charge in [-0.3, -0.25) is 4.79 Å². The third-order valence-corrected chi connectivity index (χ3v) is 3.17. The first-order chi connectivity index (χ1) is 10.1. The number of nitrogens with one attached hydrogen (secondary N) is 1. The van der Waals surface area contributed by atoms with Gasteiger partial charge in [-0.2, -0.15) is 0 Å². The molecular formula is C17H13NO3. The highest BCUT2D eigenvalue weighted by Gasteiger charge is 2.14. The van der Waals surface area contributed by atoms with Crippen LogP contribution in [0.5, 0.6) is 5.75 Å². The van der Waals surface area contributed by atoms with Gasteiger partial charge in [0.25, 0.3) is 0 Å². The van der Waals surface area contributed by atoms with Crippen molar-refractivity contribution in [1.29, 1.82) is 0 Å². The summed E-state index contributed by atoms with van der Waals surface area (Å²) in [6.45, 7) is 1.92. The van der Waals surface area contributed by atoms with Gasteiger partial charge in [-0.25, -0.2) is 4.79 Å². The molecule has 0 unspecified atom stereocenters. The number of pyridine rings is 1. The lowest BCUT2D eigenvalue weighted by atomic mass is 10.1. The van der Waals surface area contributed by atoms with Crippen molar-refractivity contribution in [2.24, 2.45) is 0 Å². The van der Waals surface area contributed by atoms with Crippen LogP contribution in [-0.4, -0.2) is 11.0 Å². The molecular weight excluding hydrogens is 266 g/mol. The minimum absolute atomic E-state index is 0.260. The number of hydrogen-bond acceptors (Lipinski definition) is 3. The molecule has 0 spiro atoms. The number of hydrogen-bond donors (Lipinski definition) is 1. The average molecular weight is 279 g/mol. The van der Waals surface area contributed by atoms with E-state index in [2.05, 4.69) is 4.98 Å². The Bertz CT molecular complexity index is 880. The van der Waals surface area contributed by atoms with E-state index >= 15 is 0 Å². The summed E-state index contributed by atoms with van der Waals surface area (Å²) in [5.41, 5.74) is 1.54. The van der Waals surface area contributed by atoms with Crippen LogP contribution in [0.4, 0.5) is 0 Å². The lowest BCUT2D eigenvalue weighted by molar-refractivity contribution is 0.0736. The lowest BCUT2D eigenvalue weighted by Gasteiger charge is -2.07. The number of ether oxygens (including phenoxy) is 1. The Labute approximate surface area is 121 Å². The van der Waals surface area contributed by atoms with E-state index in [1.807, 2.05) is 25.1 Å². The molecule has 1 aromatic heterocycles. The number of H-pyrrole nitrogens is 1. The Morgan fingerprint density at radius 2 is 1.86 bits per heavy atom. The van der Waals surface area contributed by atoms with Gasteiger partial charge in [0.05, 0.1) is 5.56 Å². The van der Waals surface area contributed by atoms with Crippen LogP contribution in [0.3, 0.4) is 0 Å². The van der Waals surface area contributed by atoms with E-state index in [0.717, 1.165) is 5.56 Å². The maximum absolute atomic E-state index is 12.3. The van der Waals surface area contributed by atoms with Crippen molar-refractivity contribution in [3.05, 3.63) is 76.1 Å². The van der Waals surface area contributed by atoms with E-state index in [9.17, 15) is 9.59 Å². The third-order valence-electron chi connectivity index (χ3n) is 3.17. The molecule has 0 aliphatic rings. The highest BCUT2D eigenvalue weighted by atomic mass is 16.5. The first-order valence-electron chi connectivity index (χ1n) is 6.54. The first-order valence-corrected chi connectivity index (χ1v) is 6.54. The number of aromatic nitrogens is 1. The van der Waals surface area contributed by atoms with Gasteiger partial charge in [0.2, 0.25) is 5.56 Å². The highest BCUT2D eigenvalue weighted by molar-refractivity contribution is 6.03. The number of rotatable bonds is 2. The zero-order valence-corrected chi connectivity index (χ0v) is 11.4. The maximum Gasteiger partial charge on any atom is 0.344 e. The number of esters is 1. The van der Waals surface area contributed by atoms with Crippen molar-refractivity contribution in [1.82, 2.24) is 4.98 Å². The quantitative estimate of drug-likeness (QED) is 0.579. The zero-order valence-electron chi connectivity index (χ0n) is 11.4. The molecule has 0 saturated carbocycles. The summed E-state index contributed by atoms with van der Waals surface area (Å²) in [4.78, 5) is 26.7. The summed E-state index contributed by atoms with van der Waals surface area (Å²) < 4.78 is 5.35. The summed E-state index contributed by atoms with van der Waals surface area (Å²) >= 11 is 0. The van der Waals surface area contributed by atoms with Crippen LogP contribution in [0.2, 0.25) is 0 Å². The van der Waals surface area contributed by atoms with E-state index in [-0.39, 0.29) is 11.1 Å². The van der Waals surface area contributed by atoms with Crippen molar-refractivity contribution in [3.63, 3.8) is 0 Å². The van der Waals surface area contributed by atoms with Crippen LogP contribution in [0.1, 0.15) is 15.9 Å². The van der Waals surface area contributed by atoms with Crippen LogP contribution in [-0.2, 0) is 0 Å². The van der Waals surface area contributed by atoms with Gasteiger partial charge in [-0.05, 0) is 30.7 Å². The molecule has 104 valence electrons. The Morgan fingerprint density at radius 3 is 2.67 bits per heavy atom. The van der Waals surface area contributed by atoms with E-state index in [1.165, 1.54) is 6.07 Å². The fourth-order valence-corrected chi connectivity index (χ4v) is 2.21. The smallest absolute Gasteiger partial charge is 0.344 e. The standard InChI is InChI=1S/C17H13NO3/c1-11-5-4-6-12(9-11)21-17(20)14-10-16(19)18-15-8-3-2-7-13(14)15/h2-10H,1H3,(H,18,19). The van der Waals surface area contributed by atoms with Gasteiger partial charge >= 0.3 is 5.97 Å². The van der Waals surface area contributed by atoms with Gasteiger partial charge in [0.15, 0.2) is 0 Å². The van der Waals surface area contributed by atoms with Crippen LogP contribution in [0.15, 0.2) is 59.4 Å². The number of carbonyl (C=O) groups is 1. The predicted molar refractivity (Wildman–Crippen MR) is 80.7 cm³/mol. The fourth-order valence-electron chi connectivity index (χ4n) is 2.21. The third kappa shape index (κ3) is 2.69. The van der Waals surface area contributed by atoms with Crippen LogP contribution < -0.4 is 10.3 Å². The number of benzene rings is 2. The Kier molecular flexibility index (Phi) is 3.28. The molecule has 0 saturated heterocycles. The Hall–Kier alpha value is -2.88. The summed E-state index contributed by atoms with van der Waals surface area (Å²) in [5.74, 6) is -0.0766. The highest BCUT2D eigenvalue weighted by Crippen LogP contribution is 2.18. The van der Waals surface area contributed by atoms with Crippen molar-refractivity contribution < 1.29 is 9.53 Å². The molecule has 0 amide bonds. The van der Waals surface area contributed by atoms with E-state index in [1.54, 1.807) is 30.3 Å². The average Bonchev–Trinajstić information content (AvgIpc) is 2.46. The molecule has 21 heavy (non-hydrogen) atoms. The van der Waals surface area contributed by atoms with Gasteiger partial charge in [0, 0.05) is 17.0 Å². The molecule has 1 N–H and O–H groups in total. The summed E-state index contributed by atoms with van der Waals surface area (Å²) in [6, 6.07) is 15.6. The van der Waals surface area contributed by atoms with E-state index in [4.69, 9.17) is 4.74 Å². The fraction of sp³-hybridized carbons (Fsp3) is 0.0588. The van der Waals surface area contributed by atoms with Crippen LogP contribution in [0, 0.1) is 6.92 Å². The molecule has 0 bridgehead atoms. The van der Waals surface area contributed by atoms with E-state index in [0.29, 0.717) is 16.7 Å².